The Bertz CT molecular complexity index is 961. The van der Waals surface area contributed by atoms with E-state index in [1.165, 1.54) is 4.31 Å². The number of amides is 2. The molecule has 1 aliphatic heterocycles. The van der Waals surface area contributed by atoms with Crippen molar-refractivity contribution in [1.82, 2.24) is 14.9 Å². The van der Waals surface area contributed by atoms with E-state index in [0.717, 1.165) is 15.8 Å². The number of urea groups is 1. The lowest BCUT2D eigenvalue weighted by Gasteiger charge is -2.31. The minimum absolute atomic E-state index is 0.0433. The van der Waals surface area contributed by atoms with Crippen molar-refractivity contribution < 1.29 is 17.9 Å². The van der Waals surface area contributed by atoms with Crippen LogP contribution < -0.4 is 15.4 Å². The summed E-state index contributed by atoms with van der Waals surface area (Å²) in [6, 6.07) is 14.8. The maximum atomic E-state index is 12.4. The molecule has 7 nitrogen and oxygen atoms in total. The van der Waals surface area contributed by atoms with Gasteiger partial charge >= 0.3 is 6.03 Å². The van der Waals surface area contributed by atoms with Crippen LogP contribution in [-0.2, 0) is 16.6 Å². The third kappa shape index (κ3) is 6.20. The van der Waals surface area contributed by atoms with E-state index in [0.29, 0.717) is 38.2 Å². The number of hydrogen-bond acceptors (Lipinski definition) is 4. The zero-order valence-corrected chi connectivity index (χ0v) is 19.2. The summed E-state index contributed by atoms with van der Waals surface area (Å²) in [5.74, 6) is 1.48. The lowest BCUT2D eigenvalue weighted by molar-refractivity contribution is 0.227. The fraction of sp³-hybridized carbons (Fsp3) is 0.381. The Hall–Kier alpha value is -2.10. The van der Waals surface area contributed by atoms with E-state index in [9.17, 15) is 13.2 Å². The second-order valence-electron chi connectivity index (χ2n) is 7.07. The molecule has 1 heterocycles. The zero-order valence-electron chi connectivity index (χ0n) is 16.8. The highest BCUT2D eigenvalue weighted by Gasteiger charge is 2.27. The molecule has 0 bridgehead atoms. The number of sulfonamides is 1. The van der Waals surface area contributed by atoms with E-state index >= 15 is 0 Å². The highest BCUT2D eigenvalue weighted by atomic mass is 79.9. The van der Waals surface area contributed by atoms with E-state index in [1.54, 1.807) is 6.92 Å². The van der Waals surface area contributed by atoms with Gasteiger partial charge < -0.3 is 15.4 Å². The molecule has 2 N–H and O–H groups in total. The van der Waals surface area contributed by atoms with Crippen LogP contribution in [0.15, 0.2) is 53.0 Å². The lowest BCUT2D eigenvalue weighted by atomic mass is 10.1. The average Bonchev–Trinajstić information content (AvgIpc) is 2.74. The van der Waals surface area contributed by atoms with E-state index < -0.39 is 10.0 Å². The van der Waals surface area contributed by atoms with Crippen LogP contribution in [0.4, 0.5) is 4.79 Å². The summed E-state index contributed by atoms with van der Waals surface area (Å²) < 4.78 is 32.2. The molecule has 0 unspecified atom stereocenters. The molecule has 0 aromatic heterocycles. The summed E-state index contributed by atoms with van der Waals surface area (Å²) in [5, 5.41) is 5.81. The van der Waals surface area contributed by atoms with Gasteiger partial charge in [-0.15, -0.1) is 0 Å². The number of hydrogen-bond donors (Lipinski definition) is 2. The number of piperidine rings is 1. The fourth-order valence-electron chi connectivity index (χ4n) is 3.26. The maximum Gasteiger partial charge on any atom is 0.315 e. The van der Waals surface area contributed by atoms with Crippen molar-refractivity contribution in [2.45, 2.75) is 32.4 Å². The third-order valence-corrected chi connectivity index (χ3v) is 7.36. The van der Waals surface area contributed by atoms with Crippen molar-refractivity contribution >= 4 is 32.0 Å². The number of nitrogens with one attached hydrogen (secondary N) is 2. The molecule has 3 rings (SSSR count). The molecule has 0 atom stereocenters. The van der Waals surface area contributed by atoms with Crippen molar-refractivity contribution in [3.05, 3.63) is 58.6 Å². The van der Waals surface area contributed by atoms with Gasteiger partial charge in [0.05, 0.1) is 5.75 Å². The first-order valence-corrected chi connectivity index (χ1v) is 12.3. The summed E-state index contributed by atoms with van der Waals surface area (Å²) in [5.41, 5.74) is 0.848. The van der Waals surface area contributed by atoms with E-state index in [1.807, 2.05) is 48.5 Å². The van der Waals surface area contributed by atoms with Crippen molar-refractivity contribution in [2.75, 3.05) is 18.8 Å². The molecule has 0 saturated carbocycles. The Morgan fingerprint density at radius 3 is 2.53 bits per heavy atom. The quantitative estimate of drug-likeness (QED) is 0.610. The summed E-state index contributed by atoms with van der Waals surface area (Å²) in [6.07, 6.45) is 1.21. The number of carbonyl (C=O) groups is 1. The van der Waals surface area contributed by atoms with Gasteiger partial charge in [0, 0.05) is 35.7 Å². The minimum Gasteiger partial charge on any atom is -0.457 e. The first kappa shape index (κ1) is 22.6. The number of benzene rings is 2. The van der Waals surface area contributed by atoms with Gasteiger partial charge in [0.2, 0.25) is 10.0 Å². The first-order valence-electron chi connectivity index (χ1n) is 9.91. The highest BCUT2D eigenvalue weighted by molar-refractivity contribution is 9.10. The number of nitrogens with zero attached hydrogens (tertiary/aromatic N) is 1. The normalized spacial score (nSPS) is 15.5. The molecule has 2 aromatic rings. The molecule has 9 heteroatoms. The van der Waals surface area contributed by atoms with E-state index in [4.69, 9.17) is 4.74 Å². The smallest absolute Gasteiger partial charge is 0.315 e. The van der Waals surface area contributed by atoms with E-state index in [2.05, 4.69) is 26.6 Å². The van der Waals surface area contributed by atoms with Crippen LogP contribution in [0.2, 0.25) is 0 Å². The first-order chi connectivity index (χ1) is 14.4. The minimum atomic E-state index is -3.17. The molecule has 2 amide bonds. The molecule has 2 aromatic carbocycles. The van der Waals surface area contributed by atoms with Crippen LogP contribution in [0, 0.1) is 0 Å². The number of ether oxygens (including phenoxy) is 1. The van der Waals surface area contributed by atoms with Crippen LogP contribution >= 0.6 is 15.9 Å². The number of carbonyl (C=O) groups excluding carboxylic acids is 1. The number of halogens is 1. The molecule has 1 saturated heterocycles. The number of rotatable bonds is 7. The number of para-hydroxylation sites is 1. The van der Waals surface area contributed by atoms with Crippen LogP contribution in [0.5, 0.6) is 11.5 Å². The summed E-state index contributed by atoms with van der Waals surface area (Å²) in [4.78, 5) is 12.4. The molecule has 0 aliphatic carbocycles. The van der Waals surface area contributed by atoms with E-state index in [-0.39, 0.29) is 17.8 Å². The SMILES string of the molecule is CCS(=O)(=O)N1CCC(NC(=O)NCc2ccc(Br)cc2Oc2ccccc2)CC1. The summed E-state index contributed by atoms with van der Waals surface area (Å²) in [7, 11) is -3.17. The van der Waals surface area contributed by atoms with Crippen LogP contribution in [-0.4, -0.2) is 43.6 Å². The third-order valence-electron chi connectivity index (χ3n) is 4.99. The topological polar surface area (TPSA) is 87.7 Å². The Morgan fingerprint density at radius 1 is 1.17 bits per heavy atom. The lowest BCUT2D eigenvalue weighted by Crippen LogP contribution is -2.49. The van der Waals surface area contributed by atoms with Gasteiger partial charge in [0.15, 0.2) is 0 Å². The Morgan fingerprint density at radius 2 is 1.87 bits per heavy atom. The molecule has 1 aliphatic rings. The van der Waals surface area contributed by atoms with Gasteiger partial charge in [-0.2, -0.15) is 0 Å². The Labute approximate surface area is 186 Å². The molecule has 0 radical (unpaired) electrons. The summed E-state index contributed by atoms with van der Waals surface area (Å²) in [6.45, 7) is 2.82. The van der Waals surface area contributed by atoms with Gasteiger partial charge in [0.25, 0.3) is 0 Å². The molecule has 1 fully saturated rings. The summed E-state index contributed by atoms with van der Waals surface area (Å²) >= 11 is 3.45. The second kappa shape index (κ2) is 10.3. The largest absolute Gasteiger partial charge is 0.457 e. The van der Waals surface area contributed by atoms with Crippen molar-refractivity contribution in [2.24, 2.45) is 0 Å². The molecule has 162 valence electrons. The monoisotopic (exact) mass is 495 g/mol. The standard InChI is InChI=1S/C21H26BrN3O4S/c1-2-30(27,28)25-12-10-18(11-13-25)24-21(26)23-15-16-8-9-17(22)14-20(16)29-19-6-4-3-5-7-19/h3-9,14,18H,2,10-13,15H2,1H3,(H2,23,24,26). The van der Waals surface area contributed by atoms with Gasteiger partial charge in [0.1, 0.15) is 11.5 Å². The van der Waals surface area contributed by atoms with Gasteiger partial charge in [-0.3, -0.25) is 0 Å². The average molecular weight is 496 g/mol. The van der Waals surface area contributed by atoms with Crippen LogP contribution in [0.3, 0.4) is 0 Å². The van der Waals surface area contributed by atoms with Crippen molar-refractivity contribution in [3.63, 3.8) is 0 Å². The second-order valence-corrected chi connectivity index (χ2v) is 10.2. The molecular weight excluding hydrogens is 470 g/mol. The van der Waals surface area contributed by atoms with Gasteiger partial charge in [-0.05, 0) is 44.0 Å². The van der Waals surface area contributed by atoms with Crippen LogP contribution in [0.1, 0.15) is 25.3 Å². The predicted octanol–water partition coefficient (Wildman–Crippen LogP) is 3.85. The zero-order chi connectivity index (χ0) is 21.6. The van der Waals surface area contributed by atoms with Gasteiger partial charge in [-0.25, -0.2) is 17.5 Å². The van der Waals surface area contributed by atoms with Crippen molar-refractivity contribution in [3.8, 4) is 11.5 Å². The molecule has 0 spiro atoms. The maximum absolute atomic E-state index is 12.4. The predicted molar refractivity (Wildman–Crippen MR) is 120 cm³/mol. The van der Waals surface area contributed by atoms with Crippen molar-refractivity contribution in [1.29, 1.82) is 0 Å². The Balaban J connectivity index is 1.53. The molecular formula is C21H26BrN3O4S. The fourth-order valence-corrected chi connectivity index (χ4v) is 4.73. The molecule has 30 heavy (non-hydrogen) atoms. The van der Waals surface area contributed by atoms with Crippen LogP contribution in [0.25, 0.3) is 0 Å². The van der Waals surface area contributed by atoms with Gasteiger partial charge in [-0.1, -0.05) is 40.2 Å². The highest BCUT2D eigenvalue weighted by Crippen LogP contribution is 2.28. The Kier molecular flexibility index (Phi) is 7.74.